The van der Waals surface area contributed by atoms with Crippen molar-refractivity contribution in [2.24, 2.45) is 0 Å². The molecule has 0 bridgehead atoms. The number of hydrogen-bond acceptors (Lipinski definition) is 1. The standard InChI is InChI=1S/C27H32N2OSi/c1-4-5-6-10-19-25(31(2,3)22-15-8-7-9-16-22)26-23-17-11-12-18-24(23)27(30)29(26)28-20-13-14-21-28/h7-9,11-18,20-21H,4-6,10,19H2,1-3H3/b26-25+. The maximum atomic E-state index is 13.5. The van der Waals surface area contributed by atoms with Crippen LogP contribution in [0.25, 0.3) is 5.70 Å². The third kappa shape index (κ3) is 4.04. The Labute approximate surface area is 187 Å². The van der Waals surface area contributed by atoms with Crippen LogP contribution in [0.2, 0.25) is 13.1 Å². The van der Waals surface area contributed by atoms with Gasteiger partial charge in [0.2, 0.25) is 0 Å². The Morgan fingerprint density at radius 1 is 0.806 bits per heavy atom. The van der Waals surface area contributed by atoms with Crippen LogP contribution in [-0.4, -0.2) is 18.7 Å². The number of hydrogen-bond donors (Lipinski definition) is 0. The van der Waals surface area contributed by atoms with E-state index in [-0.39, 0.29) is 5.91 Å². The minimum atomic E-state index is -2.01. The van der Waals surface area contributed by atoms with Gasteiger partial charge in [0.1, 0.15) is 8.07 Å². The summed E-state index contributed by atoms with van der Waals surface area (Å²) in [7, 11) is -2.01. The van der Waals surface area contributed by atoms with Gasteiger partial charge >= 0.3 is 0 Å². The van der Waals surface area contributed by atoms with Gasteiger partial charge in [0, 0.05) is 18.0 Å². The van der Waals surface area contributed by atoms with Gasteiger partial charge in [0.15, 0.2) is 0 Å². The molecule has 0 N–H and O–H groups in total. The number of nitrogens with zero attached hydrogens (tertiary/aromatic N) is 2. The second kappa shape index (κ2) is 9.11. The summed E-state index contributed by atoms with van der Waals surface area (Å²) in [6.45, 7) is 7.12. The Balaban J connectivity index is 1.92. The first-order chi connectivity index (χ1) is 15.1. The Bertz CT molecular complexity index is 1070. The van der Waals surface area contributed by atoms with Gasteiger partial charge in [-0.3, -0.25) is 9.47 Å². The molecule has 0 aliphatic carbocycles. The van der Waals surface area contributed by atoms with Gasteiger partial charge in [-0.1, -0.05) is 98.2 Å². The lowest BCUT2D eigenvalue weighted by atomic mass is 10.1. The third-order valence-corrected chi connectivity index (χ3v) is 10.2. The van der Waals surface area contributed by atoms with Crippen molar-refractivity contribution >= 4 is 24.9 Å². The van der Waals surface area contributed by atoms with Crippen LogP contribution in [-0.2, 0) is 0 Å². The highest BCUT2D eigenvalue weighted by molar-refractivity contribution is 6.96. The molecule has 0 radical (unpaired) electrons. The number of fused-ring (bicyclic) bond motifs is 1. The van der Waals surface area contributed by atoms with E-state index in [0.29, 0.717) is 0 Å². The summed E-state index contributed by atoms with van der Waals surface area (Å²) in [6, 6.07) is 23.0. The average molecular weight is 429 g/mol. The number of carbonyl (C=O) groups is 1. The molecular formula is C27H32N2OSi. The molecule has 0 saturated heterocycles. The smallest absolute Gasteiger partial charge is 0.267 e. The van der Waals surface area contributed by atoms with Gasteiger partial charge in [-0.25, -0.2) is 5.01 Å². The maximum absolute atomic E-state index is 13.5. The Morgan fingerprint density at radius 2 is 1.45 bits per heavy atom. The van der Waals surface area contributed by atoms with Gasteiger partial charge in [-0.15, -0.1) is 0 Å². The Kier molecular flexibility index (Phi) is 6.28. The zero-order valence-corrected chi connectivity index (χ0v) is 19.8. The SMILES string of the molecule is CCCCCC/C(=C1/c2ccccc2C(=O)N1n1cccc1)[Si](C)(C)c1ccccc1. The molecule has 4 heteroatoms. The number of carbonyl (C=O) groups excluding carboxylic acids is 1. The molecule has 0 fully saturated rings. The number of amides is 1. The van der Waals surface area contributed by atoms with Crippen molar-refractivity contribution < 1.29 is 4.79 Å². The third-order valence-electron chi connectivity index (χ3n) is 6.45. The first kappa shape index (κ1) is 21.4. The molecule has 3 nitrogen and oxygen atoms in total. The van der Waals surface area contributed by atoms with Crippen molar-refractivity contribution in [1.29, 1.82) is 0 Å². The molecule has 1 aliphatic heterocycles. The number of rotatable bonds is 8. The average Bonchev–Trinajstić information content (AvgIpc) is 3.41. The molecule has 31 heavy (non-hydrogen) atoms. The van der Waals surface area contributed by atoms with E-state index in [1.807, 2.05) is 46.3 Å². The Hall–Kier alpha value is -2.85. The molecule has 0 saturated carbocycles. The first-order valence-electron chi connectivity index (χ1n) is 11.4. The second-order valence-corrected chi connectivity index (χ2v) is 13.3. The summed E-state index contributed by atoms with van der Waals surface area (Å²) >= 11 is 0. The van der Waals surface area contributed by atoms with Crippen molar-refractivity contribution in [1.82, 2.24) is 4.68 Å². The van der Waals surface area contributed by atoms with Gasteiger partial charge in [-0.2, -0.15) is 0 Å². The fraction of sp³-hybridized carbons (Fsp3) is 0.296. The van der Waals surface area contributed by atoms with Crippen molar-refractivity contribution in [3.8, 4) is 0 Å². The minimum Gasteiger partial charge on any atom is -0.267 e. The molecule has 1 amide bonds. The molecule has 3 aromatic rings. The summed E-state index contributed by atoms with van der Waals surface area (Å²) in [5, 5.41) is 4.77. The fourth-order valence-electron chi connectivity index (χ4n) is 4.66. The summed E-state index contributed by atoms with van der Waals surface area (Å²) in [5.74, 6) is 0.0609. The molecule has 1 aromatic heterocycles. The van der Waals surface area contributed by atoms with Crippen LogP contribution in [0.1, 0.15) is 54.9 Å². The van der Waals surface area contributed by atoms with Gasteiger partial charge in [0.05, 0.1) is 11.3 Å². The molecule has 1 aliphatic rings. The van der Waals surface area contributed by atoms with Crippen LogP contribution in [0.5, 0.6) is 0 Å². The topological polar surface area (TPSA) is 25.2 Å². The molecular weight excluding hydrogens is 396 g/mol. The van der Waals surface area contributed by atoms with Crippen LogP contribution in [0, 0.1) is 0 Å². The van der Waals surface area contributed by atoms with Crippen molar-refractivity contribution in [3.05, 3.63) is 95.4 Å². The fourth-order valence-corrected chi connectivity index (χ4v) is 7.67. The second-order valence-electron chi connectivity index (χ2n) is 8.85. The largest absolute Gasteiger partial charge is 0.278 e. The van der Waals surface area contributed by atoms with Crippen LogP contribution in [0.15, 0.2) is 84.3 Å². The lowest BCUT2D eigenvalue weighted by Crippen LogP contribution is -2.46. The predicted molar refractivity (Wildman–Crippen MR) is 133 cm³/mol. The van der Waals surface area contributed by atoms with Gasteiger partial charge in [0.25, 0.3) is 5.91 Å². The monoisotopic (exact) mass is 428 g/mol. The minimum absolute atomic E-state index is 0.0609. The summed E-state index contributed by atoms with van der Waals surface area (Å²) in [6.07, 6.45) is 9.83. The molecule has 0 unspecified atom stereocenters. The molecule has 2 aromatic carbocycles. The van der Waals surface area contributed by atoms with Crippen LogP contribution >= 0.6 is 0 Å². The molecule has 4 rings (SSSR count). The van der Waals surface area contributed by atoms with E-state index in [1.54, 1.807) is 0 Å². The highest BCUT2D eigenvalue weighted by Gasteiger charge is 2.40. The summed E-state index contributed by atoms with van der Waals surface area (Å²) in [5.41, 5.74) is 2.98. The van der Waals surface area contributed by atoms with E-state index in [0.717, 1.165) is 29.7 Å². The maximum Gasteiger partial charge on any atom is 0.278 e. The number of benzene rings is 2. The highest BCUT2D eigenvalue weighted by atomic mass is 28.3. The van der Waals surface area contributed by atoms with E-state index >= 15 is 0 Å². The molecule has 2 heterocycles. The number of aromatic nitrogens is 1. The number of unbranched alkanes of at least 4 members (excludes halogenated alkanes) is 3. The Morgan fingerprint density at radius 3 is 2.13 bits per heavy atom. The predicted octanol–water partition coefficient (Wildman–Crippen LogP) is 6.12. The van der Waals surface area contributed by atoms with Gasteiger partial charge < -0.3 is 0 Å². The van der Waals surface area contributed by atoms with Crippen LogP contribution in [0.3, 0.4) is 0 Å². The summed E-state index contributed by atoms with van der Waals surface area (Å²) < 4.78 is 1.94. The van der Waals surface area contributed by atoms with E-state index in [1.165, 1.54) is 29.6 Å². The normalized spacial score (nSPS) is 15.3. The molecule has 0 atom stereocenters. The molecule has 160 valence electrons. The van der Waals surface area contributed by atoms with Crippen molar-refractivity contribution in [3.63, 3.8) is 0 Å². The van der Waals surface area contributed by atoms with E-state index in [4.69, 9.17) is 0 Å². The number of allylic oxidation sites excluding steroid dienone is 1. The summed E-state index contributed by atoms with van der Waals surface area (Å²) in [4.78, 5) is 13.5. The molecule has 0 spiro atoms. The van der Waals surface area contributed by atoms with Crippen molar-refractivity contribution in [2.45, 2.75) is 52.1 Å². The van der Waals surface area contributed by atoms with Crippen LogP contribution < -0.4 is 10.2 Å². The van der Waals surface area contributed by atoms with E-state index in [9.17, 15) is 4.79 Å². The van der Waals surface area contributed by atoms with E-state index < -0.39 is 8.07 Å². The van der Waals surface area contributed by atoms with Gasteiger partial charge in [-0.05, 0) is 31.0 Å². The zero-order chi connectivity index (χ0) is 21.8. The quantitative estimate of drug-likeness (QED) is 0.313. The first-order valence-corrected chi connectivity index (χ1v) is 14.4. The zero-order valence-electron chi connectivity index (χ0n) is 18.8. The van der Waals surface area contributed by atoms with E-state index in [2.05, 4.69) is 62.5 Å². The van der Waals surface area contributed by atoms with Crippen LogP contribution in [0.4, 0.5) is 0 Å². The van der Waals surface area contributed by atoms with Crippen molar-refractivity contribution in [2.75, 3.05) is 5.01 Å². The highest BCUT2D eigenvalue weighted by Crippen LogP contribution is 2.38. The lowest BCUT2D eigenvalue weighted by molar-refractivity contribution is 0.0984. The lowest BCUT2D eigenvalue weighted by Gasteiger charge is -2.32.